The summed E-state index contributed by atoms with van der Waals surface area (Å²) in [7, 11) is 2.66. The Morgan fingerprint density at radius 1 is 0.714 bits per heavy atom. The van der Waals surface area contributed by atoms with Gasteiger partial charge in [0.1, 0.15) is 35.2 Å². The van der Waals surface area contributed by atoms with Crippen molar-refractivity contribution in [2.75, 3.05) is 50.1 Å². The van der Waals surface area contributed by atoms with Crippen LogP contribution >= 0.6 is 0 Å². The Morgan fingerprint density at radius 2 is 1.31 bits per heavy atom. The minimum absolute atomic E-state index is 0.0614. The van der Waals surface area contributed by atoms with E-state index in [0.717, 1.165) is 36.1 Å². The van der Waals surface area contributed by atoms with E-state index in [1.807, 2.05) is 50.8 Å². The number of aromatic amines is 2. The number of methoxy groups -OCH3 is 1. The van der Waals surface area contributed by atoms with Gasteiger partial charge in [0, 0.05) is 50.5 Å². The Kier molecular flexibility index (Phi) is 13.6. The number of aromatic nitrogens is 4. The fraction of sp³-hybridized carbons (Fsp3) is 0.529. The Bertz CT molecular complexity index is 2770. The lowest BCUT2D eigenvalue weighted by atomic mass is 10.0. The molecule has 4 saturated heterocycles. The average molecular weight is 969 g/mol. The van der Waals surface area contributed by atoms with Crippen LogP contribution in [-0.2, 0) is 14.3 Å². The smallest absolute Gasteiger partial charge is 0.407 e. The number of fused-ring (bicyclic) bond motifs is 2. The number of hydrogen-bond acceptors (Lipinski definition) is 9. The van der Waals surface area contributed by atoms with Crippen molar-refractivity contribution in [1.29, 1.82) is 0 Å². The van der Waals surface area contributed by atoms with Gasteiger partial charge < -0.3 is 44.7 Å². The van der Waals surface area contributed by atoms with E-state index in [0.29, 0.717) is 97.6 Å². The maximum Gasteiger partial charge on any atom is 0.407 e. The molecule has 2 aromatic heterocycles. The predicted octanol–water partition coefficient (Wildman–Crippen LogP) is 9.27. The number of anilines is 2. The van der Waals surface area contributed by atoms with Crippen molar-refractivity contribution in [3.63, 3.8) is 0 Å². The molecule has 16 nitrogen and oxygen atoms in total. The zero-order chi connectivity index (χ0) is 49.7. The summed E-state index contributed by atoms with van der Waals surface area (Å²) >= 11 is 0. The fourth-order valence-corrected chi connectivity index (χ4v) is 11.5. The number of nitrogens with zero attached hydrogens (tertiary/aromatic N) is 7. The van der Waals surface area contributed by atoms with Crippen LogP contribution in [0.4, 0.5) is 34.1 Å². The highest BCUT2D eigenvalue weighted by Gasteiger charge is 2.42. The molecule has 4 N–H and O–H groups in total. The summed E-state index contributed by atoms with van der Waals surface area (Å²) in [6.45, 7) is 9.33. The van der Waals surface area contributed by atoms with Gasteiger partial charge in [0.2, 0.25) is 11.8 Å². The molecular formula is C51H63F3N10O6. The van der Waals surface area contributed by atoms with Gasteiger partial charge in [0.15, 0.2) is 11.6 Å². The van der Waals surface area contributed by atoms with Gasteiger partial charge in [-0.05, 0) is 106 Å². The van der Waals surface area contributed by atoms with Gasteiger partial charge in [-0.2, -0.15) is 0 Å². The van der Waals surface area contributed by atoms with Crippen LogP contribution in [0.3, 0.4) is 0 Å². The van der Waals surface area contributed by atoms with Crippen molar-refractivity contribution >= 4 is 57.4 Å². The summed E-state index contributed by atoms with van der Waals surface area (Å²) in [5, 5.41) is 12.4. The number of nitrogens with one attached hydrogen (secondary N) is 3. The molecule has 0 unspecified atom stereocenters. The first-order valence-electron chi connectivity index (χ1n) is 24.7. The van der Waals surface area contributed by atoms with Gasteiger partial charge >= 0.3 is 12.2 Å². The minimum atomic E-state index is -1.18. The van der Waals surface area contributed by atoms with Gasteiger partial charge in [-0.25, -0.2) is 32.7 Å². The van der Waals surface area contributed by atoms with Crippen LogP contribution < -0.4 is 15.1 Å². The zero-order valence-corrected chi connectivity index (χ0v) is 40.6. The monoisotopic (exact) mass is 968 g/mol. The molecule has 0 bridgehead atoms. The standard InChI is InChI=1S/C51H63F3N10O6/c1-27(2)43(59-50(67)70-6)48(65)62-20-10-12-41(62)47-57-37-25-31(32(52)26-38(37)58-47)40-17-16-39(64(40)30-23-33(53)45(34(54)24-30)61-18-8-7-9-19-61)29-14-15-35-36(22-29)56-46(55-35)42-13-11-21-63(42)49(66)44(28(3)4)60(5)51(68)69/h14-15,22-28,39-44H,7-13,16-21H2,1-6H3,(H,55,56)(H,57,58)(H,59,67)(H,68,69)/t39-,40-,41+,42+,43+,44+/m1/s1. The molecule has 0 spiro atoms. The first-order chi connectivity index (χ1) is 33.5. The van der Waals surface area contributed by atoms with Crippen LogP contribution in [0.25, 0.3) is 22.1 Å². The summed E-state index contributed by atoms with van der Waals surface area (Å²) in [5.74, 6) is -1.88. The Labute approximate surface area is 404 Å². The zero-order valence-electron chi connectivity index (χ0n) is 40.6. The van der Waals surface area contributed by atoms with Crippen molar-refractivity contribution in [2.24, 2.45) is 11.8 Å². The Morgan fingerprint density at radius 3 is 1.91 bits per heavy atom. The van der Waals surface area contributed by atoms with Crippen LogP contribution in [0.5, 0.6) is 0 Å². The number of likely N-dealkylation sites (N-methyl/N-ethyl adjacent to an activating group) is 1. The fourth-order valence-electron chi connectivity index (χ4n) is 11.5. The predicted molar refractivity (Wildman–Crippen MR) is 258 cm³/mol. The molecule has 3 aromatic carbocycles. The lowest BCUT2D eigenvalue weighted by Crippen LogP contribution is -2.51. The van der Waals surface area contributed by atoms with Gasteiger partial charge in [-0.1, -0.05) is 33.8 Å². The van der Waals surface area contributed by atoms with Crippen LogP contribution in [0.1, 0.15) is 132 Å². The van der Waals surface area contributed by atoms with Gasteiger partial charge in [0.25, 0.3) is 0 Å². The summed E-state index contributed by atoms with van der Waals surface area (Å²) in [6.07, 6.45) is 4.39. The number of amides is 4. The van der Waals surface area contributed by atoms with Crippen molar-refractivity contribution < 1.29 is 42.2 Å². The number of carbonyl (C=O) groups is 4. The Balaban J connectivity index is 1.06. The first-order valence-corrected chi connectivity index (χ1v) is 24.7. The van der Waals surface area contributed by atoms with E-state index < -0.39 is 65.9 Å². The lowest BCUT2D eigenvalue weighted by molar-refractivity contribution is -0.138. The molecule has 0 aliphatic carbocycles. The summed E-state index contributed by atoms with van der Waals surface area (Å²) < 4.78 is 54.4. The third kappa shape index (κ3) is 9.06. The number of hydrogen-bond donors (Lipinski definition) is 4. The number of likely N-dealkylation sites (tertiary alicyclic amines) is 2. The van der Waals surface area contributed by atoms with Crippen LogP contribution in [0.15, 0.2) is 42.5 Å². The normalized spacial score (nSPS) is 21.6. The first kappa shape index (κ1) is 48.5. The largest absolute Gasteiger partial charge is 0.465 e. The number of carboxylic acid groups (broad SMARTS) is 1. The molecule has 70 heavy (non-hydrogen) atoms. The highest BCUT2D eigenvalue weighted by Crippen LogP contribution is 2.49. The molecule has 4 fully saturated rings. The van der Waals surface area contributed by atoms with Crippen LogP contribution in [0, 0.1) is 29.3 Å². The van der Waals surface area contributed by atoms with E-state index in [9.17, 15) is 24.3 Å². The molecule has 374 valence electrons. The molecule has 6 atom stereocenters. The summed E-state index contributed by atoms with van der Waals surface area (Å²) in [5.41, 5.74) is 3.58. The van der Waals surface area contributed by atoms with E-state index in [2.05, 4.69) is 15.3 Å². The average Bonchev–Trinajstić information content (AvgIpc) is 4.19. The SMILES string of the molecule is COC(=O)N[C@H](C(=O)N1CCC[C@H]1c1nc2cc(F)c([C@H]3CC[C@H](c4ccc5nc([C@@H]6CCCN6C(=O)[C@H](C(C)C)N(C)C(=O)O)[nH]c5c4)N3c3cc(F)c(N4CCCCC4)c(F)c3)cc2[nH]1)C(C)C. The van der Waals surface area contributed by atoms with Gasteiger partial charge in [-0.15, -0.1) is 0 Å². The van der Waals surface area contributed by atoms with E-state index in [1.165, 1.54) is 32.4 Å². The molecule has 9 rings (SSSR count). The maximum atomic E-state index is 16.8. The summed E-state index contributed by atoms with van der Waals surface area (Å²) in [4.78, 5) is 76.7. The number of benzene rings is 3. The van der Waals surface area contributed by atoms with E-state index in [4.69, 9.17) is 14.7 Å². The van der Waals surface area contributed by atoms with E-state index >= 15 is 13.2 Å². The number of ether oxygens (including phenoxy) is 1. The molecular weight excluding hydrogens is 906 g/mol. The van der Waals surface area contributed by atoms with Gasteiger partial charge in [-0.3, -0.25) is 14.5 Å². The number of piperidine rings is 1. The quantitative estimate of drug-likeness (QED) is 0.0940. The van der Waals surface area contributed by atoms with E-state index in [-0.39, 0.29) is 35.0 Å². The summed E-state index contributed by atoms with van der Waals surface area (Å²) in [6, 6.07) is 7.89. The molecule has 5 aromatic rings. The number of imidazole rings is 2. The number of halogens is 3. The van der Waals surface area contributed by atoms with Crippen LogP contribution in [-0.4, -0.2) is 116 Å². The van der Waals surface area contributed by atoms with E-state index in [1.54, 1.807) is 20.8 Å². The number of rotatable bonds is 12. The highest BCUT2D eigenvalue weighted by molar-refractivity contribution is 5.87. The number of H-pyrrole nitrogens is 2. The second kappa shape index (κ2) is 19.7. The third-order valence-corrected chi connectivity index (χ3v) is 14.9. The molecule has 4 aliphatic heterocycles. The van der Waals surface area contributed by atoms with Crippen molar-refractivity contribution in [1.82, 2.24) is 40.0 Å². The highest BCUT2D eigenvalue weighted by atomic mass is 19.1. The second-order valence-corrected chi connectivity index (χ2v) is 20.1. The van der Waals surface area contributed by atoms with Crippen LogP contribution in [0.2, 0.25) is 0 Å². The molecule has 4 amide bonds. The third-order valence-electron chi connectivity index (χ3n) is 14.9. The Hall–Kier alpha value is -6.53. The number of alkyl carbamates (subject to hydrolysis) is 1. The lowest BCUT2D eigenvalue weighted by Gasteiger charge is -2.35. The molecule has 4 aliphatic rings. The molecule has 0 radical (unpaired) electrons. The number of carbonyl (C=O) groups excluding carboxylic acids is 3. The minimum Gasteiger partial charge on any atom is -0.465 e. The maximum absolute atomic E-state index is 16.8. The molecule has 6 heterocycles. The van der Waals surface area contributed by atoms with Gasteiger partial charge in [0.05, 0.1) is 53.3 Å². The molecule has 0 saturated carbocycles. The van der Waals surface area contributed by atoms with Crippen molar-refractivity contribution in [3.8, 4) is 0 Å². The molecule has 19 heteroatoms. The second-order valence-electron chi connectivity index (χ2n) is 20.1. The topological polar surface area (TPSA) is 183 Å². The van der Waals surface area contributed by atoms with Crippen molar-refractivity contribution in [3.05, 3.63) is 82.7 Å². The van der Waals surface area contributed by atoms with Crippen molar-refractivity contribution in [2.45, 2.75) is 122 Å².